The molecule has 2 aliphatic heterocycles. The first-order valence-corrected chi connectivity index (χ1v) is 8.81. The summed E-state index contributed by atoms with van der Waals surface area (Å²) in [5.41, 5.74) is 1.76. The fourth-order valence-corrected chi connectivity index (χ4v) is 3.46. The SMILES string of the molecule is O=C(NCC1CCCO1)Nc1ccc(N2CCCCC2)c(Cl)c1. The summed E-state index contributed by atoms with van der Waals surface area (Å²) in [4.78, 5) is 14.2. The number of piperidine rings is 1. The highest BCUT2D eigenvalue weighted by atomic mass is 35.5. The highest BCUT2D eigenvalue weighted by Crippen LogP contribution is 2.30. The van der Waals surface area contributed by atoms with Gasteiger partial charge in [0.25, 0.3) is 0 Å². The highest BCUT2D eigenvalue weighted by Gasteiger charge is 2.17. The monoisotopic (exact) mass is 337 g/mol. The van der Waals surface area contributed by atoms with Crippen LogP contribution in [0, 0.1) is 0 Å². The smallest absolute Gasteiger partial charge is 0.319 e. The fourth-order valence-electron chi connectivity index (χ4n) is 3.16. The van der Waals surface area contributed by atoms with Crippen LogP contribution < -0.4 is 15.5 Å². The fraction of sp³-hybridized carbons (Fsp3) is 0.588. The molecule has 3 rings (SSSR count). The van der Waals surface area contributed by atoms with Crippen molar-refractivity contribution >= 4 is 29.0 Å². The van der Waals surface area contributed by atoms with Gasteiger partial charge in [-0.3, -0.25) is 0 Å². The lowest BCUT2D eigenvalue weighted by atomic mass is 10.1. The normalized spacial score (nSPS) is 21.3. The summed E-state index contributed by atoms with van der Waals surface area (Å²) in [6.45, 7) is 3.44. The minimum atomic E-state index is -0.220. The van der Waals surface area contributed by atoms with E-state index in [-0.39, 0.29) is 12.1 Å². The average Bonchev–Trinajstić information content (AvgIpc) is 3.07. The van der Waals surface area contributed by atoms with Crippen LogP contribution >= 0.6 is 11.6 Å². The van der Waals surface area contributed by atoms with Crippen LogP contribution in [0.4, 0.5) is 16.2 Å². The highest BCUT2D eigenvalue weighted by molar-refractivity contribution is 6.33. The Labute approximate surface area is 142 Å². The number of halogens is 1. The summed E-state index contributed by atoms with van der Waals surface area (Å²) in [7, 11) is 0. The number of hydrogen-bond donors (Lipinski definition) is 2. The maximum Gasteiger partial charge on any atom is 0.319 e. The molecule has 2 heterocycles. The number of benzene rings is 1. The third-order valence-electron chi connectivity index (χ3n) is 4.42. The van der Waals surface area contributed by atoms with Gasteiger partial charge in [0.05, 0.1) is 16.8 Å². The molecule has 1 atom stereocenters. The Bertz CT molecular complexity index is 541. The molecule has 23 heavy (non-hydrogen) atoms. The standard InChI is InChI=1S/C17H24ClN3O2/c18-15-11-13(6-7-16(15)21-8-2-1-3-9-21)20-17(22)19-12-14-5-4-10-23-14/h6-7,11,14H,1-5,8-10,12H2,(H2,19,20,22). The van der Waals surface area contributed by atoms with Crippen molar-refractivity contribution < 1.29 is 9.53 Å². The number of ether oxygens (including phenoxy) is 1. The van der Waals surface area contributed by atoms with Gasteiger partial charge in [0.15, 0.2) is 0 Å². The summed E-state index contributed by atoms with van der Waals surface area (Å²) < 4.78 is 5.49. The molecule has 6 heteroatoms. The predicted molar refractivity (Wildman–Crippen MR) is 93.5 cm³/mol. The number of nitrogens with one attached hydrogen (secondary N) is 2. The molecule has 0 aliphatic carbocycles. The molecule has 5 nitrogen and oxygen atoms in total. The van der Waals surface area contributed by atoms with E-state index in [9.17, 15) is 4.79 Å². The van der Waals surface area contributed by atoms with Gasteiger partial charge in [-0.1, -0.05) is 11.6 Å². The number of amides is 2. The van der Waals surface area contributed by atoms with Crippen LogP contribution in [0.5, 0.6) is 0 Å². The molecule has 1 unspecified atom stereocenters. The zero-order valence-electron chi connectivity index (χ0n) is 13.3. The molecule has 2 amide bonds. The largest absolute Gasteiger partial charge is 0.376 e. The Balaban J connectivity index is 1.53. The summed E-state index contributed by atoms with van der Waals surface area (Å²) in [5.74, 6) is 0. The molecule has 0 aromatic heterocycles. The number of rotatable bonds is 4. The zero-order chi connectivity index (χ0) is 16.1. The molecule has 0 spiro atoms. The van der Waals surface area contributed by atoms with E-state index in [0.717, 1.165) is 38.2 Å². The number of anilines is 2. The van der Waals surface area contributed by atoms with Crippen LogP contribution in [0.2, 0.25) is 5.02 Å². The van der Waals surface area contributed by atoms with Crippen LogP contribution in [0.25, 0.3) is 0 Å². The molecule has 2 fully saturated rings. The summed E-state index contributed by atoms with van der Waals surface area (Å²) in [6, 6.07) is 5.49. The first kappa shape index (κ1) is 16.4. The van der Waals surface area contributed by atoms with Gasteiger partial charge < -0.3 is 20.3 Å². The van der Waals surface area contributed by atoms with E-state index in [4.69, 9.17) is 16.3 Å². The van der Waals surface area contributed by atoms with Crippen molar-refractivity contribution in [2.24, 2.45) is 0 Å². The molecule has 2 N–H and O–H groups in total. The van der Waals surface area contributed by atoms with Crippen molar-refractivity contribution in [2.45, 2.75) is 38.2 Å². The molecule has 0 bridgehead atoms. The Kier molecular flexibility index (Phi) is 5.62. The van der Waals surface area contributed by atoms with Crippen LogP contribution in [-0.4, -0.2) is 38.4 Å². The number of carbonyl (C=O) groups excluding carboxylic acids is 1. The third kappa shape index (κ3) is 4.52. The number of hydrogen-bond acceptors (Lipinski definition) is 3. The molecule has 126 valence electrons. The molecule has 1 aromatic carbocycles. The number of urea groups is 1. The second kappa shape index (κ2) is 7.88. The molecule has 0 radical (unpaired) electrons. The van der Waals surface area contributed by atoms with Gasteiger partial charge in [-0.05, 0) is 50.3 Å². The van der Waals surface area contributed by atoms with Gasteiger partial charge in [-0.15, -0.1) is 0 Å². The lowest BCUT2D eigenvalue weighted by Crippen LogP contribution is -2.35. The number of nitrogens with zero attached hydrogens (tertiary/aromatic N) is 1. The first-order valence-electron chi connectivity index (χ1n) is 8.43. The number of carbonyl (C=O) groups is 1. The van der Waals surface area contributed by atoms with Gasteiger partial charge in [0.1, 0.15) is 0 Å². The van der Waals surface area contributed by atoms with Crippen molar-refractivity contribution in [1.29, 1.82) is 0 Å². The van der Waals surface area contributed by atoms with E-state index in [2.05, 4.69) is 15.5 Å². The van der Waals surface area contributed by atoms with Crippen molar-refractivity contribution in [3.63, 3.8) is 0 Å². The zero-order valence-corrected chi connectivity index (χ0v) is 14.1. The van der Waals surface area contributed by atoms with Gasteiger partial charge in [-0.25, -0.2) is 4.79 Å². The van der Waals surface area contributed by atoms with E-state index in [1.165, 1.54) is 19.3 Å². The van der Waals surface area contributed by atoms with Crippen molar-refractivity contribution in [3.8, 4) is 0 Å². The topological polar surface area (TPSA) is 53.6 Å². The second-order valence-electron chi connectivity index (χ2n) is 6.18. The quantitative estimate of drug-likeness (QED) is 0.882. The maximum absolute atomic E-state index is 11.9. The van der Waals surface area contributed by atoms with E-state index in [1.54, 1.807) is 0 Å². The Morgan fingerprint density at radius 2 is 2.09 bits per heavy atom. The second-order valence-corrected chi connectivity index (χ2v) is 6.59. The van der Waals surface area contributed by atoms with Gasteiger partial charge in [0, 0.05) is 31.9 Å². The van der Waals surface area contributed by atoms with E-state index in [1.807, 2.05) is 18.2 Å². The minimum Gasteiger partial charge on any atom is -0.376 e. The van der Waals surface area contributed by atoms with Gasteiger partial charge >= 0.3 is 6.03 Å². The van der Waals surface area contributed by atoms with Crippen molar-refractivity contribution in [3.05, 3.63) is 23.2 Å². The molecule has 2 saturated heterocycles. The Hall–Kier alpha value is -1.46. The van der Waals surface area contributed by atoms with Gasteiger partial charge in [-0.2, -0.15) is 0 Å². The van der Waals surface area contributed by atoms with E-state index >= 15 is 0 Å². The van der Waals surface area contributed by atoms with E-state index in [0.29, 0.717) is 17.3 Å². The average molecular weight is 338 g/mol. The summed E-state index contributed by atoms with van der Waals surface area (Å²) >= 11 is 6.39. The first-order chi connectivity index (χ1) is 11.2. The predicted octanol–water partition coefficient (Wildman–Crippen LogP) is 3.63. The molecular formula is C17H24ClN3O2. The lowest BCUT2D eigenvalue weighted by molar-refractivity contribution is 0.112. The van der Waals surface area contributed by atoms with Crippen LogP contribution in [0.3, 0.4) is 0 Å². The molecular weight excluding hydrogens is 314 g/mol. The Morgan fingerprint density at radius 1 is 1.26 bits per heavy atom. The van der Waals surface area contributed by atoms with Crippen LogP contribution in [-0.2, 0) is 4.74 Å². The van der Waals surface area contributed by atoms with Crippen molar-refractivity contribution in [2.75, 3.05) is 36.5 Å². The Morgan fingerprint density at radius 3 is 2.78 bits per heavy atom. The maximum atomic E-state index is 11.9. The van der Waals surface area contributed by atoms with Crippen LogP contribution in [0.15, 0.2) is 18.2 Å². The molecule has 0 saturated carbocycles. The molecule has 1 aromatic rings. The summed E-state index contributed by atoms with van der Waals surface area (Å²) in [6.07, 6.45) is 5.94. The van der Waals surface area contributed by atoms with E-state index < -0.39 is 0 Å². The minimum absolute atomic E-state index is 0.144. The van der Waals surface area contributed by atoms with Crippen LogP contribution in [0.1, 0.15) is 32.1 Å². The lowest BCUT2D eigenvalue weighted by Gasteiger charge is -2.29. The van der Waals surface area contributed by atoms with Gasteiger partial charge in [0.2, 0.25) is 0 Å². The summed E-state index contributed by atoms with van der Waals surface area (Å²) in [5, 5.41) is 6.35. The third-order valence-corrected chi connectivity index (χ3v) is 4.72. The molecule has 2 aliphatic rings. The van der Waals surface area contributed by atoms with Crippen molar-refractivity contribution in [1.82, 2.24) is 5.32 Å².